The molecule has 108 valence electrons. The summed E-state index contributed by atoms with van der Waals surface area (Å²) in [6, 6.07) is 6.08. The number of rotatable bonds is 3. The number of likely N-dealkylation sites (N-methyl/N-ethyl adjacent to an activating group) is 1. The molecule has 2 fully saturated rings. The van der Waals surface area contributed by atoms with Crippen molar-refractivity contribution < 1.29 is 4.79 Å². The van der Waals surface area contributed by atoms with Gasteiger partial charge >= 0.3 is 0 Å². The average molecular weight is 273 g/mol. The fourth-order valence-electron chi connectivity index (χ4n) is 3.87. The van der Waals surface area contributed by atoms with E-state index in [1.54, 1.807) is 0 Å². The molecule has 3 heterocycles. The molecule has 4 nitrogen and oxygen atoms in total. The van der Waals surface area contributed by atoms with Crippen molar-refractivity contribution in [3.05, 3.63) is 30.1 Å². The molecule has 2 aliphatic rings. The second kappa shape index (κ2) is 5.52. The molecule has 1 spiro atoms. The van der Waals surface area contributed by atoms with Crippen LogP contribution < -0.4 is 0 Å². The first-order valence-corrected chi connectivity index (χ1v) is 7.66. The summed E-state index contributed by atoms with van der Waals surface area (Å²) in [5.74, 6) is 0.340. The quantitative estimate of drug-likeness (QED) is 0.846. The Morgan fingerprint density at radius 3 is 3.00 bits per heavy atom. The van der Waals surface area contributed by atoms with E-state index in [1.807, 2.05) is 18.3 Å². The number of pyridine rings is 1. The number of carbonyl (C=O) groups excluding carboxylic acids is 1. The fraction of sp³-hybridized carbons (Fsp3) is 0.625. The van der Waals surface area contributed by atoms with E-state index in [9.17, 15) is 4.79 Å². The first kappa shape index (κ1) is 13.6. The third-order valence-corrected chi connectivity index (χ3v) is 4.74. The van der Waals surface area contributed by atoms with Gasteiger partial charge in [-0.3, -0.25) is 14.7 Å². The minimum Gasteiger partial charge on any atom is -0.336 e. The van der Waals surface area contributed by atoms with E-state index in [1.165, 1.54) is 6.42 Å². The number of nitrogens with zero attached hydrogens (tertiary/aromatic N) is 3. The maximum absolute atomic E-state index is 12.0. The molecule has 3 rings (SSSR count). The van der Waals surface area contributed by atoms with Gasteiger partial charge in [-0.05, 0) is 44.9 Å². The molecule has 1 amide bonds. The number of carbonyl (C=O) groups is 1. The summed E-state index contributed by atoms with van der Waals surface area (Å²) >= 11 is 0. The molecule has 1 atom stereocenters. The smallest absolute Gasteiger partial charge is 0.223 e. The van der Waals surface area contributed by atoms with E-state index in [2.05, 4.69) is 27.8 Å². The topological polar surface area (TPSA) is 36.4 Å². The zero-order chi connectivity index (χ0) is 14.0. The van der Waals surface area contributed by atoms with Gasteiger partial charge in [0.15, 0.2) is 0 Å². The van der Waals surface area contributed by atoms with Crippen molar-refractivity contribution in [1.29, 1.82) is 0 Å². The molecule has 4 heteroatoms. The van der Waals surface area contributed by atoms with Crippen LogP contribution in [0.25, 0.3) is 0 Å². The van der Waals surface area contributed by atoms with Gasteiger partial charge in [0.25, 0.3) is 0 Å². The summed E-state index contributed by atoms with van der Waals surface area (Å²) in [4.78, 5) is 21.0. The Bertz CT molecular complexity index is 476. The fourth-order valence-corrected chi connectivity index (χ4v) is 3.87. The summed E-state index contributed by atoms with van der Waals surface area (Å²) in [6.45, 7) is 5.96. The minimum absolute atomic E-state index is 0.0961. The molecule has 2 saturated heterocycles. The van der Waals surface area contributed by atoms with Crippen LogP contribution in [0.4, 0.5) is 0 Å². The zero-order valence-electron chi connectivity index (χ0n) is 12.2. The third-order valence-electron chi connectivity index (χ3n) is 4.74. The Morgan fingerprint density at radius 1 is 1.35 bits per heavy atom. The Morgan fingerprint density at radius 2 is 2.25 bits per heavy atom. The van der Waals surface area contributed by atoms with E-state index in [0.29, 0.717) is 5.91 Å². The summed E-state index contributed by atoms with van der Waals surface area (Å²) in [7, 11) is 0. The molecule has 0 aromatic carbocycles. The van der Waals surface area contributed by atoms with Crippen LogP contribution in [0.1, 0.15) is 38.3 Å². The first-order chi connectivity index (χ1) is 9.73. The second-order valence-electron chi connectivity index (χ2n) is 6.00. The van der Waals surface area contributed by atoms with Crippen LogP contribution in [-0.2, 0) is 11.3 Å². The van der Waals surface area contributed by atoms with Crippen LogP contribution in [0.2, 0.25) is 0 Å². The largest absolute Gasteiger partial charge is 0.336 e. The van der Waals surface area contributed by atoms with Crippen LogP contribution in [0.5, 0.6) is 0 Å². The van der Waals surface area contributed by atoms with Gasteiger partial charge in [0, 0.05) is 32.3 Å². The van der Waals surface area contributed by atoms with Crippen LogP contribution in [0, 0.1) is 0 Å². The van der Waals surface area contributed by atoms with Gasteiger partial charge in [0.1, 0.15) is 0 Å². The number of likely N-dealkylation sites (tertiary alicyclic amines) is 2. The lowest BCUT2D eigenvalue weighted by Gasteiger charge is -2.45. The number of hydrogen-bond donors (Lipinski definition) is 0. The van der Waals surface area contributed by atoms with Crippen molar-refractivity contribution in [2.24, 2.45) is 0 Å². The normalized spacial score (nSPS) is 27.4. The van der Waals surface area contributed by atoms with E-state index in [0.717, 1.165) is 51.1 Å². The van der Waals surface area contributed by atoms with Crippen molar-refractivity contribution >= 4 is 5.91 Å². The van der Waals surface area contributed by atoms with Gasteiger partial charge in [0.2, 0.25) is 5.91 Å². The van der Waals surface area contributed by atoms with Crippen molar-refractivity contribution in [3.63, 3.8) is 0 Å². The summed E-state index contributed by atoms with van der Waals surface area (Å²) in [6.07, 6.45) is 5.94. The highest BCUT2D eigenvalue weighted by Gasteiger charge is 2.46. The Labute approximate surface area is 120 Å². The van der Waals surface area contributed by atoms with Gasteiger partial charge < -0.3 is 4.90 Å². The van der Waals surface area contributed by atoms with Gasteiger partial charge in [0.05, 0.1) is 11.2 Å². The Kier molecular flexibility index (Phi) is 3.74. The highest BCUT2D eigenvalue weighted by atomic mass is 16.2. The molecule has 0 aliphatic carbocycles. The molecule has 0 saturated carbocycles. The highest BCUT2D eigenvalue weighted by molar-refractivity contribution is 5.79. The lowest BCUT2D eigenvalue weighted by Crippen LogP contribution is -2.56. The van der Waals surface area contributed by atoms with Crippen molar-refractivity contribution in [2.75, 3.05) is 19.6 Å². The standard InChI is InChI=1S/C16H23N3O/c1-2-19-15(20)7-9-16(19)8-5-11-18(13-16)12-14-6-3-4-10-17-14/h3-4,6,10H,2,5,7-9,11-13H2,1H3. The number of aromatic nitrogens is 1. The van der Waals surface area contributed by atoms with Crippen LogP contribution in [-0.4, -0.2) is 45.9 Å². The predicted molar refractivity (Wildman–Crippen MR) is 78.1 cm³/mol. The van der Waals surface area contributed by atoms with Crippen molar-refractivity contribution in [2.45, 2.75) is 44.7 Å². The molecule has 2 aliphatic heterocycles. The molecule has 1 aromatic heterocycles. The summed E-state index contributed by atoms with van der Waals surface area (Å²) in [5.41, 5.74) is 1.22. The molecular formula is C16H23N3O. The molecule has 0 N–H and O–H groups in total. The SMILES string of the molecule is CCN1C(=O)CCC12CCCN(Cc1ccccn1)C2. The zero-order valence-corrected chi connectivity index (χ0v) is 12.2. The van der Waals surface area contributed by atoms with Gasteiger partial charge in [-0.25, -0.2) is 0 Å². The Balaban J connectivity index is 1.72. The number of piperidine rings is 1. The second-order valence-corrected chi connectivity index (χ2v) is 6.00. The van der Waals surface area contributed by atoms with Crippen molar-refractivity contribution in [3.8, 4) is 0 Å². The maximum atomic E-state index is 12.0. The van der Waals surface area contributed by atoms with Crippen LogP contribution in [0.3, 0.4) is 0 Å². The number of amides is 1. The maximum Gasteiger partial charge on any atom is 0.223 e. The van der Waals surface area contributed by atoms with Crippen LogP contribution >= 0.6 is 0 Å². The lowest BCUT2D eigenvalue weighted by molar-refractivity contribution is -0.132. The predicted octanol–water partition coefficient (Wildman–Crippen LogP) is 2.06. The summed E-state index contributed by atoms with van der Waals surface area (Å²) in [5, 5.41) is 0. The van der Waals surface area contributed by atoms with E-state index >= 15 is 0 Å². The molecule has 20 heavy (non-hydrogen) atoms. The first-order valence-electron chi connectivity index (χ1n) is 7.66. The van der Waals surface area contributed by atoms with Gasteiger partial charge in [-0.1, -0.05) is 6.07 Å². The van der Waals surface area contributed by atoms with Crippen LogP contribution in [0.15, 0.2) is 24.4 Å². The molecule has 0 bridgehead atoms. The minimum atomic E-state index is 0.0961. The van der Waals surface area contributed by atoms with Crippen molar-refractivity contribution in [1.82, 2.24) is 14.8 Å². The lowest BCUT2D eigenvalue weighted by atomic mass is 9.86. The molecular weight excluding hydrogens is 250 g/mol. The van der Waals surface area contributed by atoms with Gasteiger partial charge in [-0.15, -0.1) is 0 Å². The molecule has 1 aromatic rings. The third kappa shape index (κ3) is 2.44. The highest BCUT2D eigenvalue weighted by Crippen LogP contribution is 2.37. The average Bonchev–Trinajstić information content (AvgIpc) is 2.76. The molecule has 1 unspecified atom stereocenters. The van der Waals surface area contributed by atoms with E-state index in [4.69, 9.17) is 0 Å². The van der Waals surface area contributed by atoms with Gasteiger partial charge in [-0.2, -0.15) is 0 Å². The van der Waals surface area contributed by atoms with E-state index < -0.39 is 0 Å². The number of hydrogen-bond acceptors (Lipinski definition) is 3. The van der Waals surface area contributed by atoms with E-state index in [-0.39, 0.29) is 5.54 Å². The monoisotopic (exact) mass is 273 g/mol. The Hall–Kier alpha value is -1.42. The molecule has 0 radical (unpaired) electrons. The summed E-state index contributed by atoms with van der Waals surface area (Å²) < 4.78 is 0.